The number of hydrogen-bond acceptors (Lipinski definition) is 3. The molecule has 0 aromatic heterocycles. The Morgan fingerprint density at radius 1 is 1.43 bits per heavy atom. The molecule has 23 heavy (non-hydrogen) atoms. The summed E-state index contributed by atoms with van der Waals surface area (Å²) in [5.74, 6) is 0.0409. The SMILES string of the molecule is COc1cccc(CN2CCC(CNC(=O)CC(F)(F)F)C2)c1. The quantitative estimate of drug-likeness (QED) is 0.872. The first kappa shape index (κ1) is 17.6. The molecule has 1 N–H and O–H groups in total. The lowest BCUT2D eigenvalue weighted by atomic mass is 10.1. The molecular formula is C16H21F3N2O2. The average molecular weight is 330 g/mol. The third-order valence-corrected chi connectivity index (χ3v) is 3.86. The van der Waals surface area contributed by atoms with Crippen LogP contribution in [0, 0.1) is 5.92 Å². The summed E-state index contributed by atoms with van der Waals surface area (Å²) in [6.45, 7) is 2.70. The van der Waals surface area contributed by atoms with Gasteiger partial charge in [-0.15, -0.1) is 0 Å². The zero-order chi connectivity index (χ0) is 16.9. The minimum Gasteiger partial charge on any atom is -0.497 e. The van der Waals surface area contributed by atoms with Gasteiger partial charge in [-0.1, -0.05) is 12.1 Å². The summed E-state index contributed by atoms with van der Waals surface area (Å²) in [4.78, 5) is 13.4. The van der Waals surface area contributed by atoms with Crippen LogP contribution >= 0.6 is 0 Å². The molecule has 1 heterocycles. The second-order valence-corrected chi connectivity index (χ2v) is 5.84. The molecule has 1 aromatic carbocycles. The highest BCUT2D eigenvalue weighted by Gasteiger charge is 2.31. The lowest BCUT2D eigenvalue weighted by molar-refractivity contribution is -0.153. The molecule has 1 aromatic rings. The second-order valence-electron chi connectivity index (χ2n) is 5.84. The van der Waals surface area contributed by atoms with Crippen molar-refractivity contribution in [2.24, 2.45) is 5.92 Å². The van der Waals surface area contributed by atoms with Gasteiger partial charge in [0, 0.05) is 19.6 Å². The summed E-state index contributed by atoms with van der Waals surface area (Å²) in [7, 11) is 1.62. The number of nitrogens with zero attached hydrogens (tertiary/aromatic N) is 1. The molecule has 1 atom stereocenters. The maximum absolute atomic E-state index is 12.1. The highest BCUT2D eigenvalue weighted by molar-refractivity contribution is 5.76. The van der Waals surface area contributed by atoms with E-state index in [1.165, 1.54) is 0 Å². The molecule has 0 spiro atoms. The Morgan fingerprint density at radius 3 is 2.91 bits per heavy atom. The van der Waals surface area contributed by atoms with Gasteiger partial charge in [0.2, 0.25) is 5.91 Å². The fourth-order valence-electron chi connectivity index (χ4n) is 2.75. The Bertz CT molecular complexity index is 534. The number of hydrogen-bond donors (Lipinski definition) is 1. The molecular weight excluding hydrogens is 309 g/mol. The molecule has 1 saturated heterocycles. The number of amides is 1. The predicted molar refractivity (Wildman–Crippen MR) is 80.1 cm³/mol. The molecule has 1 aliphatic rings. The summed E-state index contributed by atoms with van der Waals surface area (Å²) in [6, 6.07) is 7.80. The first-order chi connectivity index (χ1) is 10.9. The van der Waals surface area contributed by atoms with Crippen molar-refractivity contribution < 1.29 is 22.7 Å². The van der Waals surface area contributed by atoms with Gasteiger partial charge in [0.15, 0.2) is 0 Å². The Balaban J connectivity index is 1.74. The van der Waals surface area contributed by atoms with Crippen molar-refractivity contribution >= 4 is 5.91 Å². The highest BCUT2D eigenvalue weighted by Crippen LogP contribution is 2.21. The molecule has 0 saturated carbocycles. The molecule has 2 rings (SSSR count). The maximum Gasteiger partial charge on any atom is 0.397 e. The van der Waals surface area contributed by atoms with Crippen LogP contribution in [0.5, 0.6) is 5.75 Å². The fourth-order valence-corrected chi connectivity index (χ4v) is 2.75. The number of carbonyl (C=O) groups is 1. The van der Waals surface area contributed by atoms with Crippen molar-refractivity contribution in [3.63, 3.8) is 0 Å². The lowest BCUT2D eigenvalue weighted by Crippen LogP contribution is -2.33. The maximum atomic E-state index is 12.1. The first-order valence-electron chi connectivity index (χ1n) is 7.54. The molecule has 128 valence electrons. The molecule has 1 fully saturated rings. The van der Waals surface area contributed by atoms with E-state index in [2.05, 4.69) is 10.2 Å². The van der Waals surface area contributed by atoms with Gasteiger partial charge in [-0.05, 0) is 36.6 Å². The van der Waals surface area contributed by atoms with E-state index in [9.17, 15) is 18.0 Å². The van der Waals surface area contributed by atoms with E-state index < -0.39 is 18.5 Å². The van der Waals surface area contributed by atoms with E-state index in [1.807, 2.05) is 24.3 Å². The minimum atomic E-state index is -4.45. The Morgan fingerprint density at radius 2 is 2.22 bits per heavy atom. The number of likely N-dealkylation sites (tertiary alicyclic amines) is 1. The van der Waals surface area contributed by atoms with Crippen LogP contribution in [0.4, 0.5) is 13.2 Å². The van der Waals surface area contributed by atoms with Crippen LogP contribution in [0.25, 0.3) is 0 Å². The third-order valence-electron chi connectivity index (χ3n) is 3.86. The van der Waals surface area contributed by atoms with Gasteiger partial charge in [0.05, 0.1) is 7.11 Å². The molecule has 7 heteroatoms. The van der Waals surface area contributed by atoms with E-state index >= 15 is 0 Å². The van der Waals surface area contributed by atoms with Crippen LogP contribution in [-0.4, -0.2) is 43.7 Å². The van der Waals surface area contributed by atoms with Crippen molar-refractivity contribution in [1.29, 1.82) is 0 Å². The van der Waals surface area contributed by atoms with Crippen LogP contribution < -0.4 is 10.1 Å². The summed E-state index contributed by atoms with van der Waals surface area (Å²) < 4.78 is 41.5. The Labute approximate surface area is 133 Å². The minimum absolute atomic E-state index is 0.192. The molecule has 4 nitrogen and oxygen atoms in total. The van der Waals surface area contributed by atoms with Crippen molar-refractivity contribution in [1.82, 2.24) is 10.2 Å². The summed E-state index contributed by atoms with van der Waals surface area (Å²) in [5.41, 5.74) is 1.13. The number of carbonyl (C=O) groups excluding carboxylic acids is 1. The van der Waals surface area contributed by atoms with Crippen molar-refractivity contribution in [2.75, 3.05) is 26.7 Å². The number of rotatable bonds is 6. The summed E-state index contributed by atoms with van der Waals surface area (Å²) in [5, 5.41) is 2.38. The van der Waals surface area contributed by atoms with Crippen LogP contribution in [0.1, 0.15) is 18.4 Å². The van der Waals surface area contributed by atoms with Gasteiger partial charge in [-0.2, -0.15) is 13.2 Å². The van der Waals surface area contributed by atoms with E-state index in [0.29, 0.717) is 6.54 Å². The smallest absolute Gasteiger partial charge is 0.397 e. The Hall–Kier alpha value is -1.76. The molecule has 0 bridgehead atoms. The van der Waals surface area contributed by atoms with E-state index in [-0.39, 0.29) is 5.92 Å². The number of methoxy groups -OCH3 is 1. The van der Waals surface area contributed by atoms with Crippen LogP contribution in [0.3, 0.4) is 0 Å². The van der Waals surface area contributed by atoms with Gasteiger partial charge >= 0.3 is 6.18 Å². The third kappa shape index (κ3) is 6.09. The lowest BCUT2D eigenvalue weighted by Gasteiger charge is -2.17. The van der Waals surface area contributed by atoms with Crippen LogP contribution in [0.2, 0.25) is 0 Å². The molecule has 1 amide bonds. The fraction of sp³-hybridized carbons (Fsp3) is 0.562. The normalized spacial score (nSPS) is 18.9. The topological polar surface area (TPSA) is 41.6 Å². The zero-order valence-corrected chi connectivity index (χ0v) is 13.0. The predicted octanol–water partition coefficient (Wildman–Crippen LogP) is 2.59. The largest absolute Gasteiger partial charge is 0.497 e. The van der Waals surface area contributed by atoms with E-state index in [0.717, 1.165) is 37.4 Å². The molecule has 1 unspecified atom stereocenters. The molecule has 1 aliphatic heterocycles. The summed E-state index contributed by atoms with van der Waals surface area (Å²) in [6.07, 6.45) is -4.98. The van der Waals surface area contributed by atoms with Gasteiger partial charge in [0.1, 0.15) is 12.2 Å². The number of nitrogens with one attached hydrogen (secondary N) is 1. The highest BCUT2D eigenvalue weighted by atomic mass is 19.4. The van der Waals surface area contributed by atoms with Crippen molar-refractivity contribution in [2.45, 2.75) is 25.6 Å². The van der Waals surface area contributed by atoms with Crippen molar-refractivity contribution in [3.05, 3.63) is 29.8 Å². The van der Waals surface area contributed by atoms with Gasteiger partial charge in [-0.3, -0.25) is 9.69 Å². The van der Waals surface area contributed by atoms with E-state index in [4.69, 9.17) is 4.74 Å². The zero-order valence-electron chi connectivity index (χ0n) is 13.0. The average Bonchev–Trinajstić information content (AvgIpc) is 2.91. The monoisotopic (exact) mass is 330 g/mol. The standard InChI is InChI=1S/C16H21F3N2O2/c1-23-14-4-2-3-12(7-14)10-21-6-5-13(11-21)9-20-15(22)8-16(17,18)19/h2-4,7,13H,5-6,8-11H2,1H3,(H,20,22). The number of benzene rings is 1. The van der Waals surface area contributed by atoms with Crippen molar-refractivity contribution in [3.8, 4) is 5.75 Å². The Kier molecular flexibility index (Phi) is 5.87. The van der Waals surface area contributed by atoms with E-state index in [1.54, 1.807) is 7.11 Å². The number of alkyl halides is 3. The molecule has 0 aliphatic carbocycles. The number of halogens is 3. The van der Waals surface area contributed by atoms with Gasteiger partial charge in [0.25, 0.3) is 0 Å². The molecule has 0 radical (unpaired) electrons. The summed E-state index contributed by atoms with van der Waals surface area (Å²) >= 11 is 0. The second kappa shape index (κ2) is 7.68. The number of ether oxygens (including phenoxy) is 1. The van der Waals surface area contributed by atoms with Crippen LogP contribution in [-0.2, 0) is 11.3 Å². The first-order valence-corrected chi connectivity index (χ1v) is 7.54. The van der Waals surface area contributed by atoms with Crippen LogP contribution in [0.15, 0.2) is 24.3 Å². The van der Waals surface area contributed by atoms with Gasteiger partial charge < -0.3 is 10.1 Å². The van der Waals surface area contributed by atoms with Gasteiger partial charge in [-0.25, -0.2) is 0 Å².